The van der Waals surface area contributed by atoms with E-state index >= 15 is 0 Å². The number of aromatic nitrogens is 5. The summed E-state index contributed by atoms with van der Waals surface area (Å²) in [6.07, 6.45) is 0. The fourth-order valence-corrected chi connectivity index (χ4v) is 11.3. The molecule has 0 N–H and O–H groups in total. The average molecular weight is 778 g/mol. The lowest BCUT2D eigenvalue weighted by Gasteiger charge is -2.34. The Balaban J connectivity index is 1.40. The molecule has 58 heavy (non-hydrogen) atoms. The molecule has 0 aliphatic rings. The molecule has 0 radical (unpaired) electrons. The predicted octanol–water partition coefficient (Wildman–Crippen LogP) is 9.42. The van der Waals surface area contributed by atoms with E-state index in [4.69, 9.17) is 25.9 Å². The quantitative estimate of drug-likeness (QED) is 0.120. The standard InChI is InChI=1S/C52H37N5Si/c1-36-31-33-40(34-32-36)58(38-18-4-2-5-19-38,39-20-6-3-7-21-39)41-22-16-17-37(35-41)50-53-51(56-46-27-12-8-23-42(46)43-24-9-13-28-47(43)56)55-52(54-50)57-48-29-14-10-25-44(48)45-26-11-15-30-49(45)57/h2-35H,1H3/i2D,3D,4D,5D,6D,7D,16D,17D,18D,19D,20D,21D,22D,31D,32D,33D,34D,35D. The van der Waals surface area contributed by atoms with Gasteiger partial charge in [0.05, 0.1) is 46.7 Å². The van der Waals surface area contributed by atoms with E-state index in [2.05, 4.69) is 0 Å². The summed E-state index contributed by atoms with van der Waals surface area (Å²) in [6, 6.07) is 12.4. The van der Waals surface area contributed by atoms with Gasteiger partial charge in [0, 0.05) is 27.1 Å². The number of rotatable bonds is 7. The summed E-state index contributed by atoms with van der Waals surface area (Å²) in [5.74, 6) is -0.583. The van der Waals surface area contributed by atoms with E-state index in [9.17, 15) is 13.7 Å². The Hall–Kier alpha value is -7.41. The fraction of sp³-hybridized carbons (Fsp3) is 0.0192. The molecule has 0 atom stereocenters. The maximum atomic E-state index is 10.5. The van der Waals surface area contributed by atoms with Gasteiger partial charge in [0.15, 0.2) is 13.9 Å². The minimum atomic E-state index is -6.08. The Morgan fingerprint density at radius 2 is 0.810 bits per heavy atom. The molecule has 3 aromatic heterocycles. The summed E-state index contributed by atoms with van der Waals surface area (Å²) in [7, 11) is -6.08. The van der Waals surface area contributed by atoms with Crippen molar-refractivity contribution in [3.8, 4) is 23.3 Å². The van der Waals surface area contributed by atoms with Crippen LogP contribution in [0.4, 0.5) is 0 Å². The van der Waals surface area contributed by atoms with Crippen LogP contribution in [-0.2, 0) is 0 Å². The Morgan fingerprint density at radius 1 is 0.414 bits per heavy atom. The van der Waals surface area contributed by atoms with Gasteiger partial charge in [-0.05, 0) is 51.9 Å². The summed E-state index contributed by atoms with van der Waals surface area (Å²) in [4.78, 5) is 15.1. The number of hydrogen-bond donors (Lipinski definition) is 0. The van der Waals surface area contributed by atoms with E-state index in [-0.39, 0.29) is 17.5 Å². The third-order valence-corrected chi connectivity index (χ3v) is 14.3. The lowest BCUT2D eigenvalue weighted by Crippen LogP contribution is -2.74. The highest BCUT2D eigenvalue weighted by Gasteiger charge is 2.41. The largest absolute Gasteiger partial charge is 0.278 e. The summed E-state index contributed by atoms with van der Waals surface area (Å²) in [5.41, 5.74) is 1.68. The molecule has 0 unspecified atom stereocenters. The number of nitrogens with zero attached hydrogens (tertiary/aromatic N) is 5. The number of hydrogen-bond acceptors (Lipinski definition) is 3. The highest BCUT2D eigenvalue weighted by molar-refractivity contribution is 7.19. The maximum absolute atomic E-state index is 10.5. The van der Waals surface area contributed by atoms with Crippen LogP contribution in [0.15, 0.2) is 206 Å². The van der Waals surface area contributed by atoms with Gasteiger partial charge in [0.1, 0.15) is 0 Å². The van der Waals surface area contributed by atoms with E-state index in [1.807, 2.05) is 97.1 Å². The van der Waals surface area contributed by atoms with E-state index in [1.165, 1.54) is 6.92 Å². The van der Waals surface area contributed by atoms with Gasteiger partial charge in [-0.1, -0.05) is 187 Å². The second kappa shape index (κ2) is 13.7. The van der Waals surface area contributed by atoms with Crippen LogP contribution in [0.25, 0.3) is 66.9 Å². The first kappa shape index (κ1) is 20.1. The van der Waals surface area contributed by atoms with Crippen LogP contribution in [0.1, 0.15) is 30.2 Å². The summed E-state index contributed by atoms with van der Waals surface area (Å²) in [5, 5.41) is -0.298. The first-order chi connectivity index (χ1) is 36.2. The zero-order valence-corrected chi connectivity index (χ0v) is 31.5. The summed E-state index contributed by atoms with van der Waals surface area (Å²) >= 11 is 0. The highest BCUT2D eigenvalue weighted by Crippen LogP contribution is 2.34. The van der Waals surface area contributed by atoms with Gasteiger partial charge in [-0.3, -0.25) is 9.13 Å². The second-order valence-electron chi connectivity index (χ2n) is 13.5. The molecule has 0 spiro atoms. The predicted molar refractivity (Wildman–Crippen MR) is 242 cm³/mol. The van der Waals surface area contributed by atoms with Crippen LogP contribution >= 0.6 is 0 Å². The Labute approximate surface area is 362 Å². The van der Waals surface area contributed by atoms with Crippen LogP contribution in [0.3, 0.4) is 0 Å². The van der Waals surface area contributed by atoms with E-state index < -0.39 is 149 Å². The van der Waals surface area contributed by atoms with Gasteiger partial charge in [0.2, 0.25) is 11.9 Å². The molecule has 8 aromatic carbocycles. The molecular weight excluding hydrogens is 723 g/mol. The Kier molecular flexibility index (Phi) is 4.74. The maximum Gasteiger partial charge on any atom is 0.240 e. The first-order valence-electron chi connectivity index (χ1n) is 27.2. The zero-order chi connectivity index (χ0) is 54.3. The van der Waals surface area contributed by atoms with E-state index in [1.54, 1.807) is 9.13 Å². The zero-order valence-electron chi connectivity index (χ0n) is 48.5. The number of benzene rings is 8. The van der Waals surface area contributed by atoms with Crippen molar-refractivity contribution in [1.29, 1.82) is 0 Å². The van der Waals surface area contributed by atoms with Crippen molar-refractivity contribution in [3.05, 3.63) is 211 Å². The van der Waals surface area contributed by atoms with Gasteiger partial charge in [-0.25, -0.2) is 0 Å². The smallest absolute Gasteiger partial charge is 0.240 e. The molecule has 0 saturated carbocycles. The highest BCUT2D eigenvalue weighted by atomic mass is 28.3. The number of fused-ring (bicyclic) bond motifs is 6. The molecule has 0 aliphatic carbocycles. The SMILES string of the molecule is [2H]c1c([2H])c([2H])c([Si](c2c([2H])c([2H])c([2H])c([2H])c2[2H])(c2c([2H])c([2H])c(C)c([2H])c2[2H])c2c([2H])c([2H])c([2H])c(-c3nc(-n4c5ccccc5c5ccccc54)nc(-n4c5ccccc5c5ccccc54)n3)c2[2H])c([2H])c1[2H]. The van der Waals surface area contributed by atoms with Gasteiger partial charge < -0.3 is 0 Å². The summed E-state index contributed by atoms with van der Waals surface area (Å²) in [6.45, 7) is 1.27. The van der Waals surface area contributed by atoms with Crippen molar-refractivity contribution >= 4 is 72.4 Å². The first-order valence-corrected chi connectivity index (χ1v) is 20.2. The van der Waals surface area contributed by atoms with Crippen LogP contribution in [0.2, 0.25) is 0 Å². The van der Waals surface area contributed by atoms with Crippen LogP contribution in [-0.4, -0.2) is 32.2 Å². The molecular formula is C52H37N5Si. The number of para-hydroxylation sites is 4. The van der Waals surface area contributed by atoms with E-state index in [0.29, 0.717) is 22.1 Å². The van der Waals surface area contributed by atoms with Gasteiger partial charge in [0.25, 0.3) is 0 Å². The lowest BCUT2D eigenvalue weighted by atomic mass is 10.2. The van der Waals surface area contributed by atoms with Crippen molar-refractivity contribution in [2.45, 2.75) is 6.92 Å². The van der Waals surface area contributed by atoms with Gasteiger partial charge >= 0.3 is 0 Å². The van der Waals surface area contributed by atoms with Crippen LogP contribution in [0.5, 0.6) is 0 Å². The third kappa shape index (κ3) is 5.26. The molecule has 274 valence electrons. The van der Waals surface area contributed by atoms with Crippen molar-refractivity contribution in [3.63, 3.8) is 0 Å². The van der Waals surface area contributed by atoms with Crippen molar-refractivity contribution < 1.29 is 24.7 Å². The molecule has 0 fully saturated rings. The third-order valence-electron chi connectivity index (χ3n) is 10.3. The molecule has 11 aromatic rings. The van der Waals surface area contributed by atoms with Crippen molar-refractivity contribution in [2.75, 3.05) is 0 Å². The van der Waals surface area contributed by atoms with Crippen LogP contribution < -0.4 is 20.7 Å². The monoisotopic (exact) mass is 777 g/mol. The van der Waals surface area contributed by atoms with E-state index in [0.717, 1.165) is 21.5 Å². The van der Waals surface area contributed by atoms with Crippen molar-refractivity contribution in [2.24, 2.45) is 0 Å². The second-order valence-corrected chi connectivity index (χ2v) is 17.0. The minimum Gasteiger partial charge on any atom is -0.278 e. The molecule has 11 rings (SSSR count). The lowest BCUT2D eigenvalue weighted by molar-refractivity contribution is 0.893. The van der Waals surface area contributed by atoms with Gasteiger partial charge in [-0.15, -0.1) is 0 Å². The van der Waals surface area contributed by atoms with Crippen LogP contribution in [0, 0.1) is 6.92 Å². The normalized spacial score (nSPS) is 16.2. The Morgan fingerprint density at radius 3 is 1.26 bits per heavy atom. The van der Waals surface area contributed by atoms with Crippen molar-refractivity contribution in [1.82, 2.24) is 24.1 Å². The molecule has 0 aliphatic heterocycles. The molecule has 5 nitrogen and oxygen atoms in total. The molecule has 3 heterocycles. The van der Waals surface area contributed by atoms with Gasteiger partial charge in [-0.2, -0.15) is 15.0 Å². The molecule has 0 amide bonds. The molecule has 0 bridgehead atoms. The molecule has 0 saturated heterocycles. The minimum absolute atomic E-state index is 0.0565. The topological polar surface area (TPSA) is 48.5 Å². The fourth-order valence-electron chi connectivity index (χ4n) is 7.77. The Bertz CT molecular complexity index is 3890. The summed E-state index contributed by atoms with van der Waals surface area (Å²) < 4.78 is 173. The molecule has 6 heteroatoms. The average Bonchev–Trinajstić information content (AvgIpc) is 4.07.